The minimum absolute atomic E-state index is 0.136. The molecule has 1 aliphatic carbocycles. The van der Waals surface area contributed by atoms with Gasteiger partial charge in [0.05, 0.1) is 11.9 Å². The van der Waals surface area contributed by atoms with Crippen LogP contribution in [0.25, 0.3) is 10.9 Å². The summed E-state index contributed by atoms with van der Waals surface area (Å²) in [5.41, 5.74) is 0.964. The van der Waals surface area contributed by atoms with Crippen LogP contribution in [0.1, 0.15) is 30.6 Å². The number of anilines is 2. The van der Waals surface area contributed by atoms with Gasteiger partial charge in [0.15, 0.2) is 0 Å². The molecule has 0 aliphatic heterocycles. The molecule has 1 aliphatic rings. The van der Waals surface area contributed by atoms with Gasteiger partial charge < -0.3 is 15.5 Å². The van der Waals surface area contributed by atoms with Crippen LogP contribution in [0.15, 0.2) is 41.8 Å². The van der Waals surface area contributed by atoms with Crippen LogP contribution < -0.4 is 15.5 Å². The average Bonchev–Trinajstić information content (AvgIpc) is 3.29. The van der Waals surface area contributed by atoms with Crippen molar-refractivity contribution in [2.75, 3.05) is 37.4 Å². The molecule has 2 heterocycles. The third-order valence-electron chi connectivity index (χ3n) is 6.02. The smallest absolute Gasteiger partial charge is 0.225 e. The molecular weight excluding hydrogens is 406 g/mol. The Morgan fingerprint density at radius 2 is 1.77 bits per heavy atom. The number of hydrogen-bond donors (Lipinski definition) is 2. The van der Waals surface area contributed by atoms with Crippen LogP contribution in [0.5, 0.6) is 0 Å². The number of hydrogen-bond acceptors (Lipinski definition) is 6. The summed E-state index contributed by atoms with van der Waals surface area (Å²) in [6, 6.07) is 12.1. The van der Waals surface area contributed by atoms with Gasteiger partial charge in [0, 0.05) is 37.4 Å². The second-order valence-electron chi connectivity index (χ2n) is 8.61. The summed E-state index contributed by atoms with van der Waals surface area (Å²) < 4.78 is 0. The lowest BCUT2D eigenvalue weighted by atomic mass is 9.82. The predicted octanol–water partition coefficient (Wildman–Crippen LogP) is 4.33. The number of para-hydroxylation sites is 1. The lowest BCUT2D eigenvalue weighted by Gasteiger charge is -2.28. The number of fused-ring (bicyclic) bond motifs is 1. The van der Waals surface area contributed by atoms with Crippen LogP contribution in [-0.2, 0) is 11.2 Å². The summed E-state index contributed by atoms with van der Waals surface area (Å²) >= 11 is 1.64. The van der Waals surface area contributed by atoms with E-state index in [-0.39, 0.29) is 5.91 Å². The Balaban J connectivity index is 1.24. The Morgan fingerprint density at radius 3 is 2.48 bits per heavy atom. The lowest BCUT2D eigenvalue weighted by Crippen LogP contribution is -2.33. The molecule has 164 valence electrons. The zero-order chi connectivity index (χ0) is 21.6. The monoisotopic (exact) mass is 437 g/mol. The van der Waals surface area contributed by atoms with Crippen molar-refractivity contribution in [2.45, 2.75) is 32.1 Å². The fourth-order valence-corrected chi connectivity index (χ4v) is 4.95. The van der Waals surface area contributed by atoms with Crippen LogP contribution in [0.2, 0.25) is 0 Å². The Kier molecular flexibility index (Phi) is 7.02. The Bertz CT molecular complexity index is 996. The summed E-state index contributed by atoms with van der Waals surface area (Å²) in [5.74, 6) is 2.98. The van der Waals surface area contributed by atoms with E-state index in [0.29, 0.717) is 24.2 Å². The van der Waals surface area contributed by atoms with Gasteiger partial charge in [-0.2, -0.15) is 4.98 Å². The van der Waals surface area contributed by atoms with Crippen molar-refractivity contribution < 1.29 is 4.79 Å². The molecule has 1 amide bonds. The minimum atomic E-state index is 0.136. The van der Waals surface area contributed by atoms with Crippen molar-refractivity contribution in [3.8, 4) is 0 Å². The number of benzene rings is 1. The molecule has 0 unspecified atom stereocenters. The van der Waals surface area contributed by atoms with E-state index in [1.165, 1.54) is 12.8 Å². The standard InChI is InChI=1S/C24H31N5OS/c1-29(2)23-20-7-3-4-8-21(20)27-24(28-23)26-16-18-11-9-17(10-12-18)15-25-22(30)14-19-6-5-13-31-19/h3-8,13,17-18H,9-12,14-16H2,1-2H3,(H,25,30)(H,26,27,28). The molecule has 1 aromatic carbocycles. The third-order valence-corrected chi connectivity index (χ3v) is 6.90. The van der Waals surface area contributed by atoms with Crippen LogP contribution in [0.4, 0.5) is 11.8 Å². The third kappa shape index (κ3) is 5.73. The van der Waals surface area contributed by atoms with Gasteiger partial charge in [-0.1, -0.05) is 18.2 Å². The highest BCUT2D eigenvalue weighted by atomic mass is 32.1. The van der Waals surface area contributed by atoms with E-state index in [1.54, 1.807) is 11.3 Å². The van der Waals surface area contributed by atoms with Gasteiger partial charge >= 0.3 is 0 Å². The number of nitrogens with one attached hydrogen (secondary N) is 2. The first-order chi connectivity index (χ1) is 15.1. The molecule has 1 fully saturated rings. The van der Waals surface area contributed by atoms with E-state index in [4.69, 9.17) is 9.97 Å². The quantitative estimate of drug-likeness (QED) is 0.549. The molecule has 2 aromatic heterocycles. The zero-order valence-corrected chi connectivity index (χ0v) is 19.1. The molecule has 2 N–H and O–H groups in total. The first kappa shape index (κ1) is 21.6. The maximum atomic E-state index is 12.1. The van der Waals surface area contributed by atoms with Crippen molar-refractivity contribution in [1.82, 2.24) is 15.3 Å². The van der Waals surface area contributed by atoms with Crippen LogP contribution in [0.3, 0.4) is 0 Å². The minimum Gasteiger partial charge on any atom is -0.362 e. The Hall–Kier alpha value is -2.67. The van der Waals surface area contributed by atoms with Gasteiger partial charge in [-0.15, -0.1) is 11.3 Å². The van der Waals surface area contributed by atoms with Gasteiger partial charge in [-0.3, -0.25) is 4.79 Å². The van der Waals surface area contributed by atoms with Crippen molar-refractivity contribution in [3.05, 3.63) is 46.7 Å². The van der Waals surface area contributed by atoms with Crippen LogP contribution >= 0.6 is 11.3 Å². The molecule has 1 saturated carbocycles. The summed E-state index contributed by atoms with van der Waals surface area (Å²) in [4.78, 5) is 24.7. The van der Waals surface area contributed by atoms with Crippen molar-refractivity contribution in [1.29, 1.82) is 0 Å². The lowest BCUT2D eigenvalue weighted by molar-refractivity contribution is -0.120. The number of thiophene rings is 1. The van der Waals surface area contributed by atoms with Crippen molar-refractivity contribution in [2.24, 2.45) is 11.8 Å². The van der Waals surface area contributed by atoms with E-state index < -0.39 is 0 Å². The zero-order valence-electron chi connectivity index (χ0n) is 18.3. The van der Waals surface area contributed by atoms with E-state index in [0.717, 1.165) is 47.5 Å². The molecule has 0 spiro atoms. The summed E-state index contributed by atoms with van der Waals surface area (Å²) in [6.45, 7) is 1.69. The largest absolute Gasteiger partial charge is 0.362 e. The highest BCUT2D eigenvalue weighted by Crippen LogP contribution is 2.29. The normalized spacial score (nSPS) is 18.6. The number of aromatic nitrogens is 2. The van der Waals surface area contributed by atoms with Crippen molar-refractivity contribution >= 4 is 39.9 Å². The molecule has 3 aromatic rings. The van der Waals surface area contributed by atoms with Gasteiger partial charge in [0.2, 0.25) is 11.9 Å². The maximum Gasteiger partial charge on any atom is 0.225 e. The van der Waals surface area contributed by atoms with E-state index in [2.05, 4.69) is 16.7 Å². The van der Waals surface area contributed by atoms with E-state index >= 15 is 0 Å². The Labute approximate surface area is 188 Å². The molecule has 4 rings (SSSR count). The molecule has 7 heteroatoms. The fourth-order valence-electron chi connectivity index (χ4n) is 4.25. The highest BCUT2D eigenvalue weighted by molar-refractivity contribution is 7.10. The second kappa shape index (κ2) is 10.1. The number of nitrogens with zero attached hydrogens (tertiary/aromatic N) is 3. The molecule has 31 heavy (non-hydrogen) atoms. The number of amides is 1. The molecular formula is C24H31N5OS. The molecule has 0 bridgehead atoms. The van der Waals surface area contributed by atoms with Gasteiger partial charge in [0.1, 0.15) is 5.82 Å². The summed E-state index contributed by atoms with van der Waals surface area (Å²) in [5, 5.41) is 9.68. The van der Waals surface area contributed by atoms with Gasteiger partial charge in [0.25, 0.3) is 0 Å². The highest BCUT2D eigenvalue weighted by Gasteiger charge is 2.22. The first-order valence-corrected chi connectivity index (χ1v) is 11.9. The van der Waals surface area contributed by atoms with Crippen molar-refractivity contribution in [3.63, 3.8) is 0 Å². The topological polar surface area (TPSA) is 70.2 Å². The SMILES string of the molecule is CN(C)c1nc(NCC2CCC(CNC(=O)Cc3cccs3)CC2)nc2ccccc12. The number of carbonyl (C=O) groups is 1. The van der Waals surface area contributed by atoms with Gasteiger partial charge in [-0.05, 0) is 61.1 Å². The summed E-state index contributed by atoms with van der Waals surface area (Å²) in [6.07, 6.45) is 5.16. The molecule has 0 radical (unpaired) electrons. The maximum absolute atomic E-state index is 12.1. The van der Waals surface area contributed by atoms with Crippen LogP contribution in [-0.4, -0.2) is 43.1 Å². The summed E-state index contributed by atoms with van der Waals surface area (Å²) in [7, 11) is 4.03. The second-order valence-corrected chi connectivity index (χ2v) is 9.64. The molecule has 0 atom stereocenters. The van der Waals surface area contributed by atoms with Gasteiger partial charge in [-0.25, -0.2) is 4.98 Å². The average molecular weight is 438 g/mol. The van der Waals surface area contributed by atoms with E-state index in [9.17, 15) is 4.79 Å². The fraction of sp³-hybridized carbons (Fsp3) is 0.458. The van der Waals surface area contributed by atoms with Crippen LogP contribution in [0, 0.1) is 11.8 Å². The molecule has 6 nitrogen and oxygen atoms in total. The molecule has 0 saturated heterocycles. The number of carbonyl (C=O) groups excluding carboxylic acids is 1. The Morgan fingerprint density at radius 1 is 1.03 bits per heavy atom. The van der Waals surface area contributed by atoms with E-state index in [1.807, 2.05) is 54.7 Å². The predicted molar refractivity (Wildman–Crippen MR) is 129 cm³/mol. The number of rotatable bonds is 8. The first-order valence-electron chi connectivity index (χ1n) is 11.1.